The molecule has 0 aromatic heterocycles. The van der Waals surface area contributed by atoms with E-state index in [0.717, 1.165) is 39.1 Å². The van der Waals surface area contributed by atoms with Gasteiger partial charge < -0.3 is 14.6 Å². The van der Waals surface area contributed by atoms with Gasteiger partial charge >= 0.3 is 0 Å². The van der Waals surface area contributed by atoms with Crippen LogP contribution in [-0.2, 0) is 9.47 Å². The molecule has 0 spiro atoms. The van der Waals surface area contributed by atoms with Gasteiger partial charge in [0.05, 0.1) is 18.8 Å². The predicted octanol–water partition coefficient (Wildman–Crippen LogP) is -0.184. The molecule has 4 heteroatoms. The smallest absolute Gasteiger partial charge is 0.147 e. The summed E-state index contributed by atoms with van der Waals surface area (Å²) in [6.45, 7) is 3.99. The van der Waals surface area contributed by atoms with Gasteiger partial charge in [0.1, 0.15) is 6.79 Å². The first kappa shape index (κ1) is 9.40. The summed E-state index contributed by atoms with van der Waals surface area (Å²) in [5.41, 5.74) is 0. The zero-order chi connectivity index (χ0) is 9.10. The number of ether oxygens (including phenoxy) is 2. The number of aliphatic hydroxyl groups is 1. The Labute approximate surface area is 78.4 Å². The van der Waals surface area contributed by atoms with Crippen LogP contribution in [0.4, 0.5) is 0 Å². The van der Waals surface area contributed by atoms with E-state index in [-0.39, 0.29) is 6.10 Å². The zero-order valence-corrected chi connectivity index (χ0v) is 7.82. The molecule has 13 heavy (non-hydrogen) atoms. The van der Waals surface area contributed by atoms with Crippen molar-refractivity contribution in [2.24, 2.45) is 0 Å². The predicted molar refractivity (Wildman–Crippen MR) is 47.4 cm³/mol. The molecule has 2 unspecified atom stereocenters. The summed E-state index contributed by atoms with van der Waals surface area (Å²) in [7, 11) is 0. The maximum Gasteiger partial charge on any atom is 0.147 e. The molecule has 2 saturated heterocycles. The molecule has 2 aliphatic heterocycles. The average Bonchev–Trinajstić information content (AvgIpc) is 2.53. The third-order valence-corrected chi connectivity index (χ3v) is 2.68. The summed E-state index contributed by atoms with van der Waals surface area (Å²) in [4.78, 5) is 2.26. The standard InChI is InChI=1S/C9H17NO3/c11-8-1-3-10(5-8)6-9-2-4-12-7-13-9/h8-9,11H,1-7H2. The number of aliphatic hydroxyl groups excluding tert-OH is 1. The second-order valence-corrected chi connectivity index (χ2v) is 3.81. The molecule has 4 nitrogen and oxygen atoms in total. The highest BCUT2D eigenvalue weighted by atomic mass is 16.7. The maximum atomic E-state index is 9.32. The van der Waals surface area contributed by atoms with E-state index in [2.05, 4.69) is 4.90 Å². The first-order valence-electron chi connectivity index (χ1n) is 4.94. The van der Waals surface area contributed by atoms with E-state index in [1.54, 1.807) is 0 Å². The molecular formula is C9H17NO3. The normalized spacial score (nSPS) is 36.7. The van der Waals surface area contributed by atoms with Crippen molar-refractivity contribution >= 4 is 0 Å². The van der Waals surface area contributed by atoms with Gasteiger partial charge in [-0.1, -0.05) is 0 Å². The van der Waals surface area contributed by atoms with Crippen LogP contribution in [0.2, 0.25) is 0 Å². The lowest BCUT2D eigenvalue weighted by atomic mass is 10.2. The average molecular weight is 187 g/mol. The van der Waals surface area contributed by atoms with E-state index in [4.69, 9.17) is 9.47 Å². The molecule has 1 N–H and O–H groups in total. The lowest BCUT2D eigenvalue weighted by Crippen LogP contribution is -2.36. The van der Waals surface area contributed by atoms with Crippen LogP contribution in [0.15, 0.2) is 0 Å². The van der Waals surface area contributed by atoms with Crippen molar-refractivity contribution in [3.8, 4) is 0 Å². The van der Waals surface area contributed by atoms with E-state index in [0.29, 0.717) is 12.9 Å². The summed E-state index contributed by atoms with van der Waals surface area (Å²) in [6, 6.07) is 0. The van der Waals surface area contributed by atoms with E-state index in [1.807, 2.05) is 0 Å². The molecule has 0 aromatic carbocycles. The van der Waals surface area contributed by atoms with Gasteiger partial charge in [-0.15, -0.1) is 0 Å². The molecule has 0 aliphatic carbocycles. The number of β-amino-alcohol motifs (C(OH)–C–C–N with tert-alkyl or cyclic N) is 1. The van der Waals surface area contributed by atoms with Gasteiger partial charge in [0.15, 0.2) is 0 Å². The van der Waals surface area contributed by atoms with Crippen molar-refractivity contribution in [1.82, 2.24) is 4.90 Å². The Morgan fingerprint density at radius 3 is 2.92 bits per heavy atom. The van der Waals surface area contributed by atoms with E-state index in [9.17, 15) is 5.11 Å². The van der Waals surface area contributed by atoms with E-state index < -0.39 is 0 Å². The lowest BCUT2D eigenvalue weighted by Gasteiger charge is -2.26. The molecule has 0 radical (unpaired) electrons. The van der Waals surface area contributed by atoms with Crippen LogP contribution in [0.1, 0.15) is 12.8 Å². The minimum atomic E-state index is -0.125. The van der Waals surface area contributed by atoms with Gasteiger partial charge in [-0.25, -0.2) is 0 Å². The fourth-order valence-electron chi connectivity index (χ4n) is 1.91. The number of nitrogens with zero attached hydrogens (tertiary/aromatic N) is 1. The van der Waals surface area contributed by atoms with Crippen molar-refractivity contribution in [2.45, 2.75) is 25.0 Å². The molecule has 0 saturated carbocycles. The van der Waals surface area contributed by atoms with Crippen molar-refractivity contribution in [3.63, 3.8) is 0 Å². The minimum absolute atomic E-state index is 0.125. The fraction of sp³-hybridized carbons (Fsp3) is 1.00. The summed E-state index contributed by atoms with van der Waals surface area (Å²) in [5.74, 6) is 0. The Balaban J connectivity index is 1.71. The van der Waals surface area contributed by atoms with E-state index in [1.165, 1.54) is 0 Å². The van der Waals surface area contributed by atoms with E-state index >= 15 is 0 Å². The van der Waals surface area contributed by atoms with Gasteiger partial charge in [0.25, 0.3) is 0 Å². The third kappa shape index (κ3) is 2.64. The Bertz CT molecular complexity index is 156. The quantitative estimate of drug-likeness (QED) is 0.651. The van der Waals surface area contributed by atoms with Crippen molar-refractivity contribution in [3.05, 3.63) is 0 Å². The Morgan fingerprint density at radius 2 is 2.31 bits per heavy atom. The van der Waals surface area contributed by atoms with Gasteiger partial charge in [-0.2, -0.15) is 0 Å². The van der Waals surface area contributed by atoms with Crippen molar-refractivity contribution in [1.29, 1.82) is 0 Å². The summed E-state index contributed by atoms with van der Waals surface area (Å²) >= 11 is 0. The van der Waals surface area contributed by atoms with Crippen LogP contribution in [0, 0.1) is 0 Å². The molecule has 2 aliphatic rings. The number of hydrogen-bond donors (Lipinski definition) is 1. The summed E-state index contributed by atoms with van der Waals surface area (Å²) < 4.78 is 10.5. The molecule has 2 rings (SSSR count). The number of likely N-dealkylation sites (tertiary alicyclic amines) is 1. The van der Waals surface area contributed by atoms with Crippen LogP contribution in [0.25, 0.3) is 0 Å². The molecular weight excluding hydrogens is 170 g/mol. The molecule has 0 aromatic rings. The van der Waals surface area contributed by atoms with Gasteiger partial charge in [0.2, 0.25) is 0 Å². The third-order valence-electron chi connectivity index (χ3n) is 2.68. The first-order valence-corrected chi connectivity index (χ1v) is 4.94. The SMILES string of the molecule is OC1CCN(CC2CCOCO2)C1. The van der Waals surface area contributed by atoms with Crippen LogP contribution in [-0.4, -0.2) is 55.2 Å². The monoisotopic (exact) mass is 187 g/mol. The largest absolute Gasteiger partial charge is 0.392 e. The molecule has 0 amide bonds. The highest BCUT2D eigenvalue weighted by molar-refractivity contribution is 4.77. The molecule has 0 bridgehead atoms. The van der Waals surface area contributed by atoms with Crippen LogP contribution >= 0.6 is 0 Å². The van der Waals surface area contributed by atoms with Crippen molar-refractivity contribution in [2.75, 3.05) is 33.0 Å². The Hall–Kier alpha value is -0.160. The molecule has 2 heterocycles. The molecule has 2 atom stereocenters. The van der Waals surface area contributed by atoms with Crippen molar-refractivity contribution < 1.29 is 14.6 Å². The molecule has 76 valence electrons. The number of hydrogen-bond acceptors (Lipinski definition) is 4. The Morgan fingerprint density at radius 1 is 1.38 bits per heavy atom. The topological polar surface area (TPSA) is 41.9 Å². The van der Waals surface area contributed by atoms with Crippen LogP contribution in [0.3, 0.4) is 0 Å². The highest BCUT2D eigenvalue weighted by Crippen LogP contribution is 2.13. The first-order chi connectivity index (χ1) is 6.34. The minimum Gasteiger partial charge on any atom is -0.392 e. The Kier molecular flexibility index (Phi) is 3.16. The maximum absolute atomic E-state index is 9.32. The lowest BCUT2D eigenvalue weighted by molar-refractivity contribution is -0.143. The number of rotatable bonds is 2. The van der Waals surface area contributed by atoms with Gasteiger partial charge in [0, 0.05) is 19.6 Å². The second kappa shape index (κ2) is 4.37. The van der Waals surface area contributed by atoms with Gasteiger partial charge in [-0.05, 0) is 12.8 Å². The summed E-state index contributed by atoms with van der Waals surface area (Å²) in [5, 5.41) is 9.32. The zero-order valence-electron chi connectivity index (χ0n) is 7.82. The second-order valence-electron chi connectivity index (χ2n) is 3.81. The van der Waals surface area contributed by atoms with Crippen LogP contribution < -0.4 is 0 Å². The summed E-state index contributed by atoms with van der Waals surface area (Å²) in [6.07, 6.45) is 2.06. The van der Waals surface area contributed by atoms with Crippen LogP contribution in [0.5, 0.6) is 0 Å². The fourth-order valence-corrected chi connectivity index (χ4v) is 1.91. The molecule has 2 fully saturated rings. The van der Waals surface area contributed by atoms with Gasteiger partial charge in [-0.3, -0.25) is 4.90 Å². The highest BCUT2D eigenvalue weighted by Gasteiger charge is 2.24.